The molecule has 0 amide bonds. The van der Waals surface area contributed by atoms with Crippen LogP contribution in [0.2, 0.25) is 0 Å². The number of ether oxygens (including phenoxy) is 3. The van der Waals surface area contributed by atoms with Crippen LogP contribution in [0.4, 0.5) is 0 Å². The highest BCUT2D eigenvalue weighted by Crippen LogP contribution is 2.08. The highest BCUT2D eigenvalue weighted by molar-refractivity contribution is 4.85. The van der Waals surface area contributed by atoms with Crippen LogP contribution in [0.25, 0.3) is 0 Å². The minimum atomic E-state index is -0.485. The maximum Gasteiger partial charge on any atom is 0.175 e. The second-order valence-electron chi connectivity index (χ2n) is 2.45. The molecule has 0 aromatic rings. The summed E-state index contributed by atoms with van der Waals surface area (Å²) in [4.78, 5) is 0. The molecule has 4 heteroatoms. The Kier molecular flexibility index (Phi) is 7.60. The van der Waals surface area contributed by atoms with Crippen molar-refractivity contribution < 1.29 is 14.2 Å². The molecule has 0 radical (unpaired) electrons. The first-order valence-corrected chi connectivity index (χ1v) is 4.41. The zero-order chi connectivity index (χ0) is 10.1. The number of hydrogen-bond acceptors (Lipinski definition) is 4. The summed E-state index contributed by atoms with van der Waals surface area (Å²) in [5.41, 5.74) is 0. The number of nitrogens with zero attached hydrogens (tertiary/aromatic N) is 1. The molecule has 0 aliphatic rings. The van der Waals surface area contributed by atoms with Crippen LogP contribution >= 0.6 is 0 Å². The lowest BCUT2D eigenvalue weighted by Gasteiger charge is -2.19. The Hall–Kier alpha value is -0.630. The quantitative estimate of drug-likeness (QED) is 0.561. The molecule has 4 nitrogen and oxygen atoms in total. The third-order valence-electron chi connectivity index (χ3n) is 1.56. The first-order valence-electron chi connectivity index (χ1n) is 4.41. The van der Waals surface area contributed by atoms with Gasteiger partial charge in [0.1, 0.15) is 5.92 Å². The summed E-state index contributed by atoms with van der Waals surface area (Å²) in [5.74, 6) is -0.357. The van der Waals surface area contributed by atoms with E-state index in [1.165, 1.54) is 7.11 Å². The molecular formula is C9H17NO3. The van der Waals surface area contributed by atoms with E-state index in [1.54, 1.807) is 0 Å². The van der Waals surface area contributed by atoms with Crippen molar-refractivity contribution in [3.63, 3.8) is 0 Å². The summed E-state index contributed by atoms with van der Waals surface area (Å²) in [7, 11) is 1.52. The van der Waals surface area contributed by atoms with E-state index in [4.69, 9.17) is 19.5 Å². The van der Waals surface area contributed by atoms with Crippen molar-refractivity contribution in [2.75, 3.05) is 26.9 Å². The summed E-state index contributed by atoms with van der Waals surface area (Å²) >= 11 is 0. The monoisotopic (exact) mass is 187 g/mol. The van der Waals surface area contributed by atoms with Gasteiger partial charge in [0.2, 0.25) is 0 Å². The fraction of sp³-hybridized carbons (Fsp3) is 0.889. The molecule has 0 aromatic heterocycles. The lowest BCUT2D eigenvalue weighted by Crippen LogP contribution is -2.28. The van der Waals surface area contributed by atoms with E-state index in [2.05, 4.69) is 6.07 Å². The second kappa shape index (κ2) is 7.99. The Bertz CT molecular complexity index is 155. The van der Waals surface area contributed by atoms with Gasteiger partial charge in [-0.15, -0.1) is 0 Å². The van der Waals surface area contributed by atoms with Gasteiger partial charge in [-0.05, 0) is 13.8 Å². The third kappa shape index (κ3) is 4.83. The van der Waals surface area contributed by atoms with Crippen LogP contribution in [0.1, 0.15) is 13.8 Å². The highest BCUT2D eigenvalue weighted by atomic mass is 16.7. The molecule has 0 saturated heterocycles. The van der Waals surface area contributed by atoms with Gasteiger partial charge >= 0.3 is 0 Å². The largest absolute Gasteiger partial charge is 0.380 e. The van der Waals surface area contributed by atoms with E-state index in [0.29, 0.717) is 19.8 Å². The van der Waals surface area contributed by atoms with Gasteiger partial charge in [-0.1, -0.05) is 0 Å². The Balaban J connectivity index is 3.94. The van der Waals surface area contributed by atoms with Gasteiger partial charge in [-0.25, -0.2) is 0 Å². The number of methoxy groups -OCH3 is 1. The third-order valence-corrected chi connectivity index (χ3v) is 1.56. The topological polar surface area (TPSA) is 51.5 Å². The number of rotatable bonds is 7. The molecular weight excluding hydrogens is 170 g/mol. The van der Waals surface area contributed by atoms with Crippen LogP contribution in [0.5, 0.6) is 0 Å². The fourth-order valence-electron chi connectivity index (χ4n) is 0.934. The molecule has 0 fully saturated rings. The van der Waals surface area contributed by atoms with Crippen molar-refractivity contribution in [2.45, 2.75) is 20.1 Å². The summed E-state index contributed by atoms with van der Waals surface area (Å²) in [6, 6.07) is 2.10. The molecule has 0 N–H and O–H groups in total. The Labute approximate surface area is 79.4 Å². The number of hydrogen-bond donors (Lipinski definition) is 0. The molecule has 0 rings (SSSR count). The molecule has 0 aliphatic heterocycles. The van der Waals surface area contributed by atoms with E-state index in [0.717, 1.165) is 0 Å². The molecule has 13 heavy (non-hydrogen) atoms. The second-order valence-corrected chi connectivity index (χ2v) is 2.45. The van der Waals surface area contributed by atoms with Gasteiger partial charge in [0.25, 0.3) is 0 Å². The Morgan fingerprint density at radius 2 is 2.00 bits per heavy atom. The molecule has 2 atom stereocenters. The average Bonchev–Trinajstić information content (AvgIpc) is 2.17. The van der Waals surface area contributed by atoms with E-state index in [1.807, 2.05) is 13.8 Å². The molecule has 0 heterocycles. The first-order chi connectivity index (χ1) is 6.29. The normalized spacial score (nSPS) is 14.9. The van der Waals surface area contributed by atoms with Crippen molar-refractivity contribution >= 4 is 0 Å². The van der Waals surface area contributed by atoms with Crippen LogP contribution in [0.3, 0.4) is 0 Å². The molecule has 76 valence electrons. The lowest BCUT2D eigenvalue weighted by molar-refractivity contribution is -0.151. The Morgan fingerprint density at radius 1 is 1.31 bits per heavy atom. The van der Waals surface area contributed by atoms with Crippen LogP contribution in [-0.4, -0.2) is 33.2 Å². The van der Waals surface area contributed by atoms with Gasteiger partial charge in [-0.2, -0.15) is 5.26 Å². The minimum Gasteiger partial charge on any atom is -0.380 e. The van der Waals surface area contributed by atoms with Crippen LogP contribution in [-0.2, 0) is 14.2 Å². The molecule has 0 spiro atoms. The van der Waals surface area contributed by atoms with Crippen molar-refractivity contribution in [3.8, 4) is 6.07 Å². The molecule has 0 aromatic carbocycles. The molecule has 0 bridgehead atoms. The van der Waals surface area contributed by atoms with E-state index >= 15 is 0 Å². The smallest absolute Gasteiger partial charge is 0.175 e. The van der Waals surface area contributed by atoms with E-state index in [-0.39, 0.29) is 5.92 Å². The van der Waals surface area contributed by atoms with E-state index in [9.17, 15) is 0 Å². The highest BCUT2D eigenvalue weighted by Gasteiger charge is 2.21. The SMILES string of the molecule is CCOCC(C#N)C(OC)OCC. The van der Waals surface area contributed by atoms with Gasteiger partial charge in [0.15, 0.2) is 6.29 Å². The summed E-state index contributed by atoms with van der Waals surface area (Å²) in [5, 5.41) is 8.79. The first kappa shape index (κ1) is 12.4. The van der Waals surface area contributed by atoms with Crippen LogP contribution < -0.4 is 0 Å². The summed E-state index contributed by atoms with van der Waals surface area (Å²) < 4.78 is 15.4. The molecule has 2 unspecified atom stereocenters. The minimum absolute atomic E-state index is 0.353. The summed E-state index contributed by atoms with van der Waals surface area (Å²) in [6.07, 6.45) is -0.485. The van der Waals surface area contributed by atoms with Crippen molar-refractivity contribution in [1.29, 1.82) is 5.26 Å². The Morgan fingerprint density at radius 3 is 2.38 bits per heavy atom. The average molecular weight is 187 g/mol. The maximum atomic E-state index is 8.79. The zero-order valence-corrected chi connectivity index (χ0v) is 8.45. The van der Waals surface area contributed by atoms with Gasteiger partial charge in [-0.3, -0.25) is 0 Å². The van der Waals surface area contributed by atoms with E-state index < -0.39 is 6.29 Å². The van der Waals surface area contributed by atoms with Crippen LogP contribution in [0, 0.1) is 17.2 Å². The predicted molar refractivity (Wildman–Crippen MR) is 48.0 cm³/mol. The van der Waals surface area contributed by atoms with Crippen molar-refractivity contribution in [3.05, 3.63) is 0 Å². The standard InChI is InChI=1S/C9H17NO3/c1-4-12-7-8(6-10)9(11-3)13-5-2/h8-9H,4-5,7H2,1-3H3. The predicted octanol–water partition coefficient (Wildman–Crippen LogP) is 1.17. The van der Waals surface area contributed by atoms with Crippen molar-refractivity contribution in [2.24, 2.45) is 5.92 Å². The molecule has 0 saturated carbocycles. The fourth-order valence-corrected chi connectivity index (χ4v) is 0.934. The zero-order valence-electron chi connectivity index (χ0n) is 8.45. The summed E-state index contributed by atoms with van der Waals surface area (Å²) in [6.45, 7) is 5.23. The van der Waals surface area contributed by atoms with Crippen molar-refractivity contribution in [1.82, 2.24) is 0 Å². The molecule has 0 aliphatic carbocycles. The van der Waals surface area contributed by atoms with Gasteiger partial charge in [0.05, 0.1) is 12.7 Å². The lowest BCUT2D eigenvalue weighted by atomic mass is 10.2. The van der Waals surface area contributed by atoms with Gasteiger partial charge < -0.3 is 14.2 Å². The van der Waals surface area contributed by atoms with Gasteiger partial charge in [0, 0.05) is 20.3 Å². The maximum absolute atomic E-state index is 8.79. The number of nitriles is 1. The van der Waals surface area contributed by atoms with Crippen LogP contribution in [0.15, 0.2) is 0 Å².